The zero-order valence-corrected chi connectivity index (χ0v) is 8.46. The molecule has 0 saturated heterocycles. The zero-order chi connectivity index (χ0) is 8.97. The van der Waals surface area contributed by atoms with Gasteiger partial charge in [-0.1, -0.05) is 6.07 Å². The molecule has 4 heteroatoms. The van der Waals surface area contributed by atoms with Gasteiger partial charge in [-0.15, -0.1) is 0 Å². The zero-order valence-electron chi connectivity index (χ0n) is 8.46. The van der Waals surface area contributed by atoms with Crippen molar-refractivity contribution in [3.8, 4) is 17.2 Å². The van der Waals surface area contributed by atoms with E-state index in [0.29, 0.717) is 17.2 Å². The number of para-hydroxylation sites is 1. The van der Waals surface area contributed by atoms with E-state index < -0.39 is 0 Å². The van der Waals surface area contributed by atoms with Crippen molar-refractivity contribution in [1.82, 2.24) is 0 Å². The largest absolute Gasteiger partial charge is 0.493 e. The molecular formula is C9H12LiO3. The van der Waals surface area contributed by atoms with Crippen molar-refractivity contribution >= 4 is 18.9 Å². The van der Waals surface area contributed by atoms with Crippen LogP contribution >= 0.6 is 0 Å². The summed E-state index contributed by atoms with van der Waals surface area (Å²) in [5.41, 5.74) is 0. The molecule has 0 atom stereocenters. The summed E-state index contributed by atoms with van der Waals surface area (Å²) in [6.07, 6.45) is 0. The van der Waals surface area contributed by atoms with Crippen molar-refractivity contribution in [3.05, 3.63) is 18.2 Å². The molecule has 0 amide bonds. The predicted molar refractivity (Wildman–Crippen MR) is 51.9 cm³/mol. The van der Waals surface area contributed by atoms with Crippen molar-refractivity contribution < 1.29 is 14.2 Å². The predicted octanol–water partition coefficient (Wildman–Crippen LogP) is 1.33. The fraction of sp³-hybridized carbons (Fsp3) is 0.333. The first-order valence-electron chi connectivity index (χ1n) is 3.58. The molecule has 13 heavy (non-hydrogen) atoms. The second-order valence-corrected chi connectivity index (χ2v) is 2.20. The maximum absolute atomic E-state index is 5.11. The van der Waals surface area contributed by atoms with E-state index in [1.54, 1.807) is 21.3 Å². The second-order valence-electron chi connectivity index (χ2n) is 2.20. The molecule has 1 aromatic carbocycles. The maximum Gasteiger partial charge on any atom is 0.203 e. The molecule has 0 bridgehead atoms. The van der Waals surface area contributed by atoms with Crippen LogP contribution in [0.3, 0.4) is 0 Å². The van der Waals surface area contributed by atoms with Crippen LogP contribution in [-0.2, 0) is 0 Å². The molecule has 0 aromatic heterocycles. The summed E-state index contributed by atoms with van der Waals surface area (Å²) in [6.45, 7) is 0. The van der Waals surface area contributed by atoms with E-state index in [9.17, 15) is 0 Å². The molecular weight excluding hydrogens is 163 g/mol. The fourth-order valence-electron chi connectivity index (χ4n) is 1.02. The molecule has 0 heterocycles. The third-order valence-corrected chi connectivity index (χ3v) is 1.59. The summed E-state index contributed by atoms with van der Waals surface area (Å²) in [5, 5.41) is 0. The number of methoxy groups -OCH3 is 3. The number of rotatable bonds is 3. The Morgan fingerprint density at radius 1 is 0.846 bits per heavy atom. The first-order valence-corrected chi connectivity index (χ1v) is 3.58. The van der Waals surface area contributed by atoms with Gasteiger partial charge in [-0.25, -0.2) is 0 Å². The summed E-state index contributed by atoms with van der Waals surface area (Å²) in [4.78, 5) is 0. The average Bonchev–Trinajstić information content (AvgIpc) is 2.16. The van der Waals surface area contributed by atoms with Crippen molar-refractivity contribution in [3.63, 3.8) is 0 Å². The summed E-state index contributed by atoms with van der Waals surface area (Å²) >= 11 is 0. The molecule has 1 rings (SSSR count). The Labute approximate surface area is 90.2 Å². The summed E-state index contributed by atoms with van der Waals surface area (Å²) < 4.78 is 15.3. The minimum atomic E-state index is 0. The normalized spacial score (nSPS) is 8.54. The van der Waals surface area contributed by atoms with Crippen LogP contribution < -0.4 is 14.2 Å². The average molecular weight is 175 g/mol. The number of benzene rings is 1. The summed E-state index contributed by atoms with van der Waals surface area (Å²) in [7, 11) is 4.77. The van der Waals surface area contributed by atoms with Crippen LogP contribution in [0.15, 0.2) is 18.2 Å². The minimum Gasteiger partial charge on any atom is -0.493 e. The second kappa shape index (κ2) is 5.79. The van der Waals surface area contributed by atoms with E-state index in [1.165, 1.54) is 0 Å². The van der Waals surface area contributed by atoms with E-state index in [-0.39, 0.29) is 18.9 Å². The van der Waals surface area contributed by atoms with Gasteiger partial charge in [0.25, 0.3) is 0 Å². The first kappa shape index (κ1) is 12.2. The summed E-state index contributed by atoms with van der Waals surface area (Å²) in [6, 6.07) is 5.49. The Kier molecular flexibility index (Phi) is 5.44. The van der Waals surface area contributed by atoms with E-state index in [2.05, 4.69) is 0 Å². The Bertz CT molecular complexity index is 241. The molecule has 0 saturated carbocycles. The molecule has 1 aromatic rings. The van der Waals surface area contributed by atoms with Crippen LogP contribution in [0.1, 0.15) is 0 Å². The van der Waals surface area contributed by atoms with E-state index in [1.807, 2.05) is 18.2 Å². The molecule has 3 nitrogen and oxygen atoms in total. The van der Waals surface area contributed by atoms with Gasteiger partial charge in [0.1, 0.15) is 0 Å². The van der Waals surface area contributed by atoms with Crippen LogP contribution in [-0.4, -0.2) is 40.2 Å². The van der Waals surface area contributed by atoms with Gasteiger partial charge < -0.3 is 14.2 Å². The minimum absolute atomic E-state index is 0. The van der Waals surface area contributed by atoms with Gasteiger partial charge in [0.05, 0.1) is 21.3 Å². The Hall–Kier alpha value is -0.783. The van der Waals surface area contributed by atoms with Crippen LogP contribution in [0, 0.1) is 0 Å². The molecule has 0 aliphatic rings. The SMILES string of the molecule is COc1cccc(OC)c1OC.[Li]. The molecule has 0 N–H and O–H groups in total. The Balaban J connectivity index is 0.00000144. The molecule has 0 aliphatic heterocycles. The van der Waals surface area contributed by atoms with Gasteiger partial charge in [-0.05, 0) is 12.1 Å². The van der Waals surface area contributed by atoms with E-state index >= 15 is 0 Å². The molecule has 0 fully saturated rings. The maximum atomic E-state index is 5.11. The number of hydrogen-bond acceptors (Lipinski definition) is 3. The Morgan fingerprint density at radius 3 is 1.62 bits per heavy atom. The molecule has 0 aliphatic carbocycles. The molecule has 67 valence electrons. The van der Waals surface area contributed by atoms with E-state index in [4.69, 9.17) is 14.2 Å². The monoisotopic (exact) mass is 175 g/mol. The van der Waals surface area contributed by atoms with Gasteiger partial charge in [-0.2, -0.15) is 0 Å². The van der Waals surface area contributed by atoms with Crippen molar-refractivity contribution in [2.75, 3.05) is 21.3 Å². The van der Waals surface area contributed by atoms with Crippen LogP contribution in [0.2, 0.25) is 0 Å². The Morgan fingerprint density at radius 2 is 1.31 bits per heavy atom. The quantitative estimate of drug-likeness (QED) is 0.648. The van der Waals surface area contributed by atoms with Gasteiger partial charge >= 0.3 is 0 Å². The third kappa shape index (κ3) is 2.58. The summed E-state index contributed by atoms with van der Waals surface area (Å²) in [5.74, 6) is 1.98. The number of hydrogen-bond donors (Lipinski definition) is 0. The first-order chi connectivity index (χ1) is 5.83. The topological polar surface area (TPSA) is 27.7 Å². The fourth-order valence-corrected chi connectivity index (χ4v) is 1.02. The van der Waals surface area contributed by atoms with Crippen LogP contribution in [0.5, 0.6) is 17.2 Å². The van der Waals surface area contributed by atoms with Gasteiger partial charge in [-0.3, -0.25) is 0 Å². The van der Waals surface area contributed by atoms with Gasteiger partial charge in [0.15, 0.2) is 11.5 Å². The molecule has 0 unspecified atom stereocenters. The van der Waals surface area contributed by atoms with Gasteiger partial charge in [0.2, 0.25) is 5.75 Å². The van der Waals surface area contributed by atoms with Crippen molar-refractivity contribution in [2.24, 2.45) is 0 Å². The van der Waals surface area contributed by atoms with Gasteiger partial charge in [0, 0.05) is 18.9 Å². The smallest absolute Gasteiger partial charge is 0.203 e. The third-order valence-electron chi connectivity index (χ3n) is 1.59. The number of ether oxygens (including phenoxy) is 3. The van der Waals surface area contributed by atoms with E-state index in [0.717, 1.165) is 0 Å². The van der Waals surface area contributed by atoms with Crippen molar-refractivity contribution in [2.45, 2.75) is 0 Å². The standard InChI is InChI=1S/C9H12O3.Li/c1-10-7-5-4-6-8(11-2)9(7)12-3;/h4-6H,1-3H3;. The molecule has 0 spiro atoms. The van der Waals surface area contributed by atoms with Crippen LogP contribution in [0.25, 0.3) is 0 Å². The molecule has 1 radical (unpaired) electrons. The van der Waals surface area contributed by atoms with Crippen LogP contribution in [0.4, 0.5) is 0 Å². The van der Waals surface area contributed by atoms with Crippen molar-refractivity contribution in [1.29, 1.82) is 0 Å².